The van der Waals surface area contributed by atoms with Crippen LogP contribution in [0.25, 0.3) is 22.2 Å². The first-order valence-corrected chi connectivity index (χ1v) is 7.35. The van der Waals surface area contributed by atoms with E-state index < -0.39 is 0 Å². The minimum absolute atomic E-state index is 0.416. The third-order valence-electron chi connectivity index (χ3n) is 4.07. The monoisotopic (exact) mass is 275 g/mol. The van der Waals surface area contributed by atoms with E-state index in [0.717, 1.165) is 24.3 Å². The molecule has 3 nitrogen and oxygen atoms in total. The Labute approximate surface area is 123 Å². The topological polar surface area (TPSA) is 40.7 Å². The molecule has 1 aromatic carbocycles. The highest BCUT2D eigenvalue weighted by atomic mass is 14.9. The van der Waals surface area contributed by atoms with Crippen molar-refractivity contribution in [1.82, 2.24) is 15.3 Å². The van der Waals surface area contributed by atoms with Gasteiger partial charge in [0.1, 0.15) is 5.65 Å². The van der Waals surface area contributed by atoms with Gasteiger partial charge in [-0.25, -0.2) is 4.98 Å². The molecule has 0 fully saturated rings. The van der Waals surface area contributed by atoms with Crippen LogP contribution in [0.15, 0.2) is 60.9 Å². The maximum atomic E-state index is 4.81. The highest BCUT2D eigenvalue weighted by Gasteiger charge is 2.14. The fraction of sp³-hybridized carbons (Fsp3) is 0.167. The summed E-state index contributed by atoms with van der Waals surface area (Å²) in [5.41, 5.74) is 4.55. The Morgan fingerprint density at radius 2 is 1.95 bits per heavy atom. The van der Waals surface area contributed by atoms with Crippen molar-refractivity contribution in [2.75, 3.05) is 6.54 Å². The summed E-state index contributed by atoms with van der Waals surface area (Å²) < 4.78 is 0. The van der Waals surface area contributed by atoms with E-state index in [1.54, 1.807) is 0 Å². The van der Waals surface area contributed by atoms with Gasteiger partial charge in [0.15, 0.2) is 0 Å². The van der Waals surface area contributed by atoms with Crippen molar-refractivity contribution in [1.29, 1.82) is 0 Å². The lowest BCUT2D eigenvalue weighted by molar-refractivity contribution is 0.646. The zero-order chi connectivity index (χ0) is 14.1. The molecule has 4 rings (SSSR count). The first kappa shape index (κ1) is 12.2. The van der Waals surface area contributed by atoms with Crippen LogP contribution in [0, 0.1) is 0 Å². The second-order valence-corrected chi connectivity index (χ2v) is 5.41. The summed E-state index contributed by atoms with van der Waals surface area (Å²) in [4.78, 5) is 8.13. The molecule has 104 valence electrons. The van der Waals surface area contributed by atoms with Crippen molar-refractivity contribution in [3.63, 3.8) is 0 Å². The van der Waals surface area contributed by atoms with Crippen LogP contribution in [-0.2, 0) is 0 Å². The molecule has 3 heteroatoms. The summed E-state index contributed by atoms with van der Waals surface area (Å²) >= 11 is 0. The van der Waals surface area contributed by atoms with Crippen LogP contribution >= 0.6 is 0 Å². The molecular formula is C18H17N3. The average molecular weight is 275 g/mol. The van der Waals surface area contributed by atoms with Crippen molar-refractivity contribution in [3.05, 3.63) is 66.6 Å². The summed E-state index contributed by atoms with van der Waals surface area (Å²) in [5, 5.41) is 4.41. The third kappa shape index (κ3) is 2.21. The minimum Gasteiger partial charge on any atom is -0.391 e. The van der Waals surface area contributed by atoms with Gasteiger partial charge in [0.2, 0.25) is 0 Å². The standard InChI is InChI=1S/C18H17N3/c1-2-4-13(5-3-1)16-12-20-18-15(16)6-7-17(21-18)14-8-10-19-11-9-14/h1-8,10,12,14,19H,9,11H2,(H,20,21). The van der Waals surface area contributed by atoms with Crippen molar-refractivity contribution in [2.45, 2.75) is 12.3 Å². The number of hydrogen-bond donors (Lipinski definition) is 2. The summed E-state index contributed by atoms with van der Waals surface area (Å²) in [6.07, 6.45) is 7.37. The van der Waals surface area contributed by atoms with Gasteiger partial charge in [0.05, 0.1) is 0 Å². The van der Waals surface area contributed by atoms with E-state index in [0.29, 0.717) is 5.92 Å². The average Bonchev–Trinajstić information content (AvgIpc) is 2.99. The fourth-order valence-corrected chi connectivity index (χ4v) is 2.93. The molecule has 0 spiro atoms. The first-order chi connectivity index (χ1) is 10.4. The zero-order valence-corrected chi connectivity index (χ0v) is 11.7. The second kappa shape index (κ2) is 5.09. The molecular weight excluding hydrogens is 258 g/mol. The number of nitrogens with one attached hydrogen (secondary N) is 2. The molecule has 0 radical (unpaired) electrons. The maximum absolute atomic E-state index is 4.81. The Morgan fingerprint density at radius 1 is 1.05 bits per heavy atom. The smallest absolute Gasteiger partial charge is 0.138 e. The van der Waals surface area contributed by atoms with Gasteiger partial charge in [-0.3, -0.25) is 0 Å². The Kier molecular flexibility index (Phi) is 2.96. The lowest BCUT2D eigenvalue weighted by Crippen LogP contribution is -2.16. The van der Waals surface area contributed by atoms with Crippen molar-refractivity contribution in [2.24, 2.45) is 0 Å². The van der Waals surface area contributed by atoms with E-state index in [9.17, 15) is 0 Å². The van der Waals surface area contributed by atoms with Crippen molar-refractivity contribution in [3.8, 4) is 11.1 Å². The van der Waals surface area contributed by atoms with Crippen molar-refractivity contribution >= 4 is 11.0 Å². The Balaban J connectivity index is 1.77. The Bertz CT molecular complexity index is 787. The van der Waals surface area contributed by atoms with E-state index in [4.69, 9.17) is 4.98 Å². The first-order valence-electron chi connectivity index (χ1n) is 7.35. The van der Waals surface area contributed by atoms with Gasteiger partial charge in [-0.05, 0) is 30.3 Å². The molecule has 1 unspecified atom stereocenters. The third-order valence-corrected chi connectivity index (χ3v) is 4.07. The number of nitrogens with zero attached hydrogens (tertiary/aromatic N) is 1. The summed E-state index contributed by atoms with van der Waals surface area (Å²) in [6, 6.07) is 14.8. The molecule has 1 aliphatic heterocycles. The fourth-order valence-electron chi connectivity index (χ4n) is 2.93. The van der Waals surface area contributed by atoms with Gasteiger partial charge in [-0.2, -0.15) is 0 Å². The number of benzene rings is 1. The molecule has 1 aliphatic rings. The van der Waals surface area contributed by atoms with Gasteiger partial charge in [-0.1, -0.05) is 36.4 Å². The highest BCUT2D eigenvalue weighted by molar-refractivity contribution is 5.93. The number of hydrogen-bond acceptors (Lipinski definition) is 2. The second-order valence-electron chi connectivity index (χ2n) is 5.41. The molecule has 2 N–H and O–H groups in total. The number of pyridine rings is 1. The van der Waals surface area contributed by atoms with E-state index in [2.05, 4.69) is 59.0 Å². The minimum atomic E-state index is 0.416. The van der Waals surface area contributed by atoms with Gasteiger partial charge >= 0.3 is 0 Å². The Morgan fingerprint density at radius 3 is 2.76 bits per heavy atom. The normalized spacial score (nSPS) is 17.8. The van der Waals surface area contributed by atoms with E-state index in [1.165, 1.54) is 16.5 Å². The number of allylic oxidation sites excluding steroid dienone is 1. The van der Waals surface area contributed by atoms with Crippen LogP contribution in [-0.4, -0.2) is 16.5 Å². The van der Waals surface area contributed by atoms with Gasteiger partial charge < -0.3 is 10.3 Å². The summed E-state index contributed by atoms with van der Waals surface area (Å²) in [7, 11) is 0. The van der Waals surface area contributed by atoms with Crippen LogP contribution in [0.5, 0.6) is 0 Å². The van der Waals surface area contributed by atoms with E-state index in [1.807, 2.05) is 12.3 Å². The molecule has 0 aliphatic carbocycles. The van der Waals surface area contributed by atoms with Crippen LogP contribution in [0.4, 0.5) is 0 Å². The molecule has 1 atom stereocenters. The molecule has 0 saturated carbocycles. The van der Waals surface area contributed by atoms with E-state index in [-0.39, 0.29) is 0 Å². The van der Waals surface area contributed by atoms with Gasteiger partial charge in [0, 0.05) is 35.3 Å². The van der Waals surface area contributed by atoms with Crippen LogP contribution in [0.1, 0.15) is 18.0 Å². The molecule has 0 amide bonds. The van der Waals surface area contributed by atoms with Gasteiger partial charge in [0.25, 0.3) is 0 Å². The lowest BCUT2D eigenvalue weighted by atomic mass is 9.98. The molecule has 3 aromatic rings. The summed E-state index contributed by atoms with van der Waals surface area (Å²) in [5.74, 6) is 0.416. The zero-order valence-electron chi connectivity index (χ0n) is 11.7. The maximum Gasteiger partial charge on any atom is 0.138 e. The number of H-pyrrole nitrogens is 1. The lowest BCUT2D eigenvalue weighted by Gasteiger charge is -2.16. The molecule has 3 heterocycles. The van der Waals surface area contributed by atoms with Crippen LogP contribution < -0.4 is 5.32 Å². The highest BCUT2D eigenvalue weighted by Crippen LogP contribution is 2.29. The summed E-state index contributed by atoms with van der Waals surface area (Å²) in [6.45, 7) is 1.01. The SMILES string of the molecule is C1=CC(c2ccc3c(-c4ccccc4)c[nH]c3n2)CCN1. The molecule has 0 saturated heterocycles. The number of fused-ring (bicyclic) bond motifs is 1. The number of aromatic amines is 1. The van der Waals surface area contributed by atoms with Crippen LogP contribution in [0.3, 0.4) is 0 Å². The molecule has 2 aromatic heterocycles. The van der Waals surface area contributed by atoms with Gasteiger partial charge in [-0.15, -0.1) is 0 Å². The number of rotatable bonds is 2. The largest absolute Gasteiger partial charge is 0.391 e. The molecule has 21 heavy (non-hydrogen) atoms. The number of aromatic nitrogens is 2. The quantitative estimate of drug-likeness (QED) is 0.746. The molecule has 0 bridgehead atoms. The van der Waals surface area contributed by atoms with Crippen molar-refractivity contribution < 1.29 is 0 Å². The Hall–Kier alpha value is -2.55. The predicted octanol–water partition coefficient (Wildman–Crippen LogP) is 3.82. The predicted molar refractivity (Wildman–Crippen MR) is 86.0 cm³/mol. The van der Waals surface area contributed by atoms with E-state index >= 15 is 0 Å². The van der Waals surface area contributed by atoms with Crippen LogP contribution in [0.2, 0.25) is 0 Å².